The minimum atomic E-state index is -0.376. The number of nitrogens with zero attached hydrogens (tertiary/aromatic N) is 1. The highest BCUT2D eigenvalue weighted by Gasteiger charge is 2.10. The van der Waals surface area contributed by atoms with Gasteiger partial charge in [-0.1, -0.05) is 30.3 Å². The van der Waals surface area contributed by atoms with E-state index in [2.05, 4.69) is 19.1 Å². The van der Waals surface area contributed by atoms with Gasteiger partial charge in [-0.15, -0.1) is 11.8 Å². The van der Waals surface area contributed by atoms with Crippen molar-refractivity contribution < 1.29 is 4.92 Å². The number of rotatable bonds is 4. The molecule has 3 nitrogen and oxygen atoms in total. The molecule has 0 radical (unpaired) electrons. The average Bonchev–Trinajstić information content (AvgIpc) is 2.40. The molecular weight excluding hydrogens is 246 g/mol. The van der Waals surface area contributed by atoms with Gasteiger partial charge in [0, 0.05) is 22.3 Å². The molecule has 0 saturated carbocycles. The van der Waals surface area contributed by atoms with Crippen molar-refractivity contribution in [1.29, 1.82) is 0 Å². The fraction of sp³-hybridized carbons (Fsp3) is 0.143. The normalized spacial score (nSPS) is 12.1. The summed E-state index contributed by atoms with van der Waals surface area (Å²) in [5.74, 6) is 0. The van der Waals surface area contributed by atoms with Crippen LogP contribution in [-0.2, 0) is 0 Å². The summed E-state index contributed by atoms with van der Waals surface area (Å²) >= 11 is 1.74. The molecule has 0 aliphatic carbocycles. The van der Waals surface area contributed by atoms with Crippen LogP contribution in [0.5, 0.6) is 0 Å². The zero-order valence-electron chi connectivity index (χ0n) is 9.95. The van der Waals surface area contributed by atoms with Crippen LogP contribution in [0.2, 0.25) is 0 Å². The van der Waals surface area contributed by atoms with Gasteiger partial charge in [0.25, 0.3) is 5.69 Å². The first-order valence-electron chi connectivity index (χ1n) is 5.63. The van der Waals surface area contributed by atoms with Gasteiger partial charge in [0.05, 0.1) is 4.92 Å². The molecule has 0 bridgehead atoms. The van der Waals surface area contributed by atoms with Crippen LogP contribution >= 0.6 is 11.8 Å². The third kappa shape index (κ3) is 3.11. The third-order valence-corrected chi connectivity index (χ3v) is 3.80. The van der Waals surface area contributed by atoms with Crippen LogP contribution in [0.25, 0.3) is 0 Å². The van der Waals surface area contributed by atoms with E-state index >= 15 is 0 Å². The molecule has 4 heteroatoms. The number of hydrogen-bond donors (Lipinski definition) is 0. The van der Waals surface area contributed by atoms with E-state index in [9.17, 15) is 10.1 Å². The van der Waals surface area contributed by atoms with E-state index in [1.807, 2.05) is 30.3 Å². The molecule has 2 aromatic carbocycles. The Hall–Kier alpha value is -1.81. The van der Waals surface area contributed by atoms with E-state index in [0.29, 0.717) is 0 Å². The summed E-state index contributed by atoms with van der Waals surface area (Å²) in [6.07, 6.45) is 0. The van der Waals surface area contributed by atoms with Gasteiger partial charge in [-0.3, -0.25) is 10.1 Å². The number of nitro benzene ring substituents is 1. The Kier molecular flexibility index (Phi) is 3.99. The summed E-state index contributed by atoms with van der Waals surface area (Å²) in [5, 5.41) is 10.8. The van der Waals surface area contributed by atoms with Crippen molar-refractivity contribution in [2.24, 2.45) is 0 Å². The molecule has 18 heavy (non-hydrogen) atoms. The second kappa shape index (κ2) is 5.69. The lowest BCUT2D eigenvalue weighted by Gasteiger charge is -2.11. The van der Waals surface area contributed by atoms with Crippen molar-refractivity contribution >= 4 is 17.4 Å². The zero-order valence-corrected chi connectivity index (χ0v) is 10.8. The number of non-ortho nitro benzene ring substituents is 1. The van der Waals surface area contributed by atoms with Crippen molar-refractivity contribution in [1.82, 2.24) is 0 Å². The minimum absolute atomic E-state index is 0.135. The smallest absolute Gasteiger partial charge is 0.258 e. The summed E-state index contributed by atoms with van der Waals surface area (Å²) in [4.78, 5) is 11.4. The number of hydrogen-bond acceptors (Lipinski definition) is 3. The highest BCUT2D eigenvalue weighted by atomic mass is 32.2. The molecule has 0 aromatic heterocycles. The third-order valence-electron chi connectivity index (χ3n) is 2.63. The molecule has 2 rings (SSSR count). The molecule has 92 valence electrons. The van der Waals surface area contributed by atoms with Crippen LogP contribution < -0.4 is 0 Å². The molecule has 1 unspecified atom stereocenters. The molecule has 0 amide bonds. The second-order valence-corrected chi connectivity index (χ2v) is 5.34. The van der Waals surface area contributed by atoms with Gasteiger partial charge in [-0.05, 0) is 24.6 Å². The van der Waals surface area contributed by atoms with Crippen molar-refractivity contribution in [3.8, 4) is 0 Å². The maximum absolute atomic E-state index is 10.6. The first-order chi connectivity index (χ1) is 8.66. The molecule has 0 heterocycles. The van der Waals surface area contributed by atoms with Crippen LogP contribution in [0.4, 0.5) is 5.69 Å². The first-order valence-corrected chi connectivity index (χ1v) is 6.51. The van der Waals surface area contributed by atoms with E-state index < -0.39 is 0 Å². The van der Waals surface area contributed by atoms with E-state index in [4.69, 9.17) is 0 Å². The Morgan fingerprint density at radius 2 is 1.67 bits per heavy atom. The zero-order chi connectivity index (χ0) is 13.0. The first kappa shape index (κ1) is 12.6. The summed E-state index contributed by atoms with van der Waals surface area (Å²) in [6, 6.07) is 16.9. The molecule has 0 N–H and O–H groups in total. The fourth-order valence-electron chi connectivity index (χ4n) is 1.64. The minimum Gasteiger partial charge on any atom is -0.258 e. The summed E-state index contributed by atoms with van der Waals surface area (Å²) < 4.78 is 0. The molecule has 0 aliphatic rings. The van der Waals surface area contributed by atoms with E-state index in [-0.39, 0.29) is 15.9 Å². The van der Waals surface area contributed by atoms with E-state index in [0.717, 1.165) is 5.56 Å². The monoisotopic (exact) mass is 259 g/mol. The number of benzene rings is 2. The van der Waals surface area contributed by atoms with Gasteiger partial charge in [-0.25, -0.2) is 0 Å². The quantitative estimate of drug-likeness (QED) is 0.463. The van der Waals surface area contributed by atoms with Crippen molar-refractivity contribution in [2.75, 3.05) is 0 Å². The molecule has 0 fully saturated rings. The highest BCUT2D eigenvalue weighted by molar-refractivity contribution is 7.99. The van der Waals surface area contributed by atoms with Crippen molar-refractivity contribution in [3.05, 3.63) is 70.3 Å². The van der Waals surface area contributed by atoms with Crippen LogP contribution in [0, 0.1) is 10.1 Å². The number of nitro groups is 1. The van der Waals surface area contributed by atoms with Gasteiger partial charge < -0.3 is 0 Å². The van der Waals surface area contributed by atoms with Gasteiger partial charge in [0.1, 0.15) is 0 Å². The molecule has 0 spiro atoms. The maximum Gasteiger partial charge on any atom is 0.269 e. The molecule has 0 saturated heterocycles. The van der Waals surface area contributed by atoms with Crippen LogP contribution in [-0.4, -0.2) is 4.92 Å². The molecule has 2 aromatic rings. The van der Waals surface area contributed by atoms with Crippen LogP contribution in [0.3, 0.4) is 0 Å². The topological polar surface area (TPSA) is 43.1 Å². The Morgan fingerprint density at radius 1 is 1.06 bits per heavy atom. The van der Waals surface area contributed by atoms with Crippen LogP contribution in [0.1, 0.15) is 17.7 Å². The largest absolute Gasteiger partial charge is 0.269 e. The average molecular weight is 259 g/mol. The molecule has 1 atom stereocenters. The predicted molar refractivity (Wildman–Crippen MR) is 73.8 cm³/mol. The lowest BCUT2D eigenvalue weighted by atomic mass is 10.1. The van der Waals surface area contributed by atoms with Crippen molar-refractivity contribution in [3.63, 3.8) is 0 Å². The van der Waals surface area contributed by atoms with E-state index in [1.54, 1.807) is 23.9 Å². The second-order valence-electron chi connectivity index (χ2n) is 3.92. The summed E-state index contributed by atoms with van der Waals surface area (Å²) in [7, 11) is 0. The van der Waals surface area contributed by atoms with Gasteiger partial charge in [0.2, 0.25) is 0 Å². The van der Waals surface area contributed by atoms with Crippen molar-refractivity contribution in [2.45, 2.75) is 17.1 Å². The SMILES string of the molecule is CC(Sc1ccccc1)c1ccc([N+](=O)[O-])cc1. The summed E-state index contributed by atoms with van der Waals surface area (Å²) in [6.45, 7) is 2.10. The summed E-state index contributed by atoms with van der Waals surface area (Å²) in [5.41, 5.74) is 1.23. The highest BCUT2D eigenvalue weighted by Crippen LogP contribution is 2.34. The molecule has 0 aliphatic heterocycles. The van der Waals surface area contributed by atoms with Gasteiger partial charge in [-0.2, -0.15) is 0 Å². The fourth-order valence-corrected chi connectivity index (χ4v) is 2.65. The standard InChI is InChI=1S/C14H13NO2S/c1-11(18-14-5-3-2-4-6-14)12-7-9-13(10-8-12)15(16)17/h2-11H,1H3. The number of thioether (sulfide) groups is 1. The van der Waals surface area contributed by atoms with Gasteiger partial charge >= 0.3 is 0 Å². The lowest BCUT2D eigenvalue weighted by molar-refractivity contribution is -0.384. The van der Waals surface area contributed by atoms with Gasteiger partial charge in [0.15, 0.2) is 0 Å². The Bertz CT molecular complexity index is 525. The predicted octanol–water partition coefficient (Wildman–Crippen LogP) is 4.45. The Morgan fingerprint density at radius 3 is 2.22 bits per heavy atom. The Balaban J connectivity index is 2.09. The van der Waals surface area contributed by atoms with Crippen LogP contribution in [0.15, 0.2) is 59.5 Å². The van der Waals surface area contributed by atoms with E-state index in [1.165, 1.54) is 4.90 Å². The molecular formula is C14H13NO2S. The lowest BCUT2D eigenvalue weighted by Crippen LogP contribution is -1.91. The Labute approximate surface area is 110 Å². The maximum atomic E-state index is 10.6.